The number of nitrogens with zero attached hydrogens (tertiary/aromatic N) is 1. The molecule has 140 valence electrons. The number of hydrogen-bond donors (Lipinski definition) is 2. The first-order valence-corrected chi connectivity index (χ1v) is 8.59. The van der Waals surface area contributed by atoms with Crippen LogP contribution in [0.5, 0.6) is 0 Å². The summed E-state index contributed by atoms with van der Waals surface area (Å²) in [7, 11) is 0. The van der Waals surface area contributed by atoms with Crippen LogP contribution in [0.1, 0.15) is 33.6 Å². The minimum Gasteiger partial charge on any atom is -0.376 e. The first-order valence-electron chi connectivity index (χ1n) is 8.59. The van der Waals surface area contributed by atoms with Crippen LogP contribution >= 0.6 is 0 Å². The second kappa shape index (κ2) is 8.41. The quantitative estimate of drug-likeness (QED) is 0.601. The summed E-state index contributed by atoms with van der Waals surface area (Å²) in [5.41, 5.74) is 0.437. The molecule has 0 aliphatic carbocycles. The number of nitro benzene ring substituents is 1. The minimum absolute atomic E-state index is 0.0375. The maximum Gasteiger partial charge on any atom is 0.282 e. The lowest BCUT2D eigenvalue weighted by molar-refractivity contribution is -0.385. The zero-order valence-electron chi connectivity index (χ0n) is 14.5. The smallest absolute Gasteiger partial charge is 0.282 e. The molecule has 1 atom stereocenters. The van der Waals surface area contributed by atoms with E-state index in [9.17, 15) is 19.7 Å². The Hall–Kier alpha value is -3.26. The Kier molecular flexibility index (Phi) is 5.77. The number of carbonyl (C=O) groups is 2. The highest BCUT2D eigenvalue weighted by atomic mass is 16.6. The van der Waals surface area contributed by atoms with Crippen LogP contribution in [0, 0.1) is 10.1 Å². The molecule has 2 aromatic carbocycles. The fourth-order valence-electron chi connectivity index (χ4n) is 2.88. The molecule has 1 heterocycles. The van der Waals surface area contributed by atoms with Crippen molar-refractivity contribution in [2.75, 3.05) is 18.5 Å². The first-order chi connectivity index (χ1) is 13.0. The van der Waals surface area contributed by atoms with Gasteiger partial charge < -0.3 is 15.4 Å². The molecule has 8 nitrogen and oxygen atoms in total. The largest absolute Gasteiger partial charge is 0.376 e. The third-order valence-corrected chi connectivity index (χ3v) is 4.24. The molecule has 2 aromatic rings. The van der Waals surface area contributed by atoms with Gasteiger partial charge in [0.05, 0.1) is 11.0 Å². The molecular formula is C19H19N3O5. The van der Waals surface area contributed by atoms with Gasteiger partial charge in [-0.2, -0.15) is 0 Å². The van der Waals surface area contributed by atoms with Crippen molar-refractivity contribution >= 4 is 23.2 Å². The van der Waals surface area contributed by atoms with Gasteiger partial charge >= 0.3 is 0 Å². The Morgan fingerprint density at radius 1 is 1.15 bits per heavy atom. The van der Waals surface area contributed by atoms with Gasteiger partial charge in [0.25, 0.3) is 17.5 Å². The fourth-order valence-corrected chi connectivity index (χ4v) is 2.88. The molecule has 1 fully saturated rings. The van der Waals surface area contributed by atoms with Crippen molar-refractivity contribution in [3.05, 3.63) is 69.8 Å². The molecule has 1 unspecified atom stereocenters. The number of para-hydroxylation sites is 1. The third kappa shape index (κ3) is 4.68. The predicted octanol–water partition coefficient (Wildman–Crippen LogP) is 2.76. The molecule has 3 rings (SSSR count). The number of nitro groups is 1. The lowest BCUT2D eigenvalue weighted by Crippen LogP contribution is -2.31. The molecule has 2 N–H and O–H groups in total. The van der Waals surface area contributed by atoms with Crippen molar-refractivity contribution in [1.29, 1.82) is 0 Å². The second-order valence-corrected chi connectivity index (χ2v) is 6.15. The lowest BCUT2D eigenvalue weighted by atomic mass is 10.1. The van der Waals surface area contributed by atoms with Crippen LogP contribution in [0.2, 0.25) is 0 Å². The molecule has 1 aliphatic rings. The van der Waals surface area contributed by atoms with Crippen molar-refractivity contribution in [3.63, 3.8) is 0 Å². The summed E-state index contributed by atoms with van der Waals surface area (Å²) >= 11 is 0. The van der Waals surface area contributed by atoms with Crippen LogP contribution in [-0.2, 0) is 4.74 Å². The van der Waals surface area contributed by atoms with Crippen molar-refractivity contribution < 1.29 is 19.2 Å². The van der Waals surface area contributed by atoms with E-state index < -0.39 is 10.8 Å². The summed E-state index contributed by atoms with van der Waals surface area (Å²) in [5, 5.41) is 16.5. The summed E-state index contributed by atoms with van der Waals surface area (Å²) in [4.78, 5) is 35.1. The topological polar surface area (TPSA) is 111 Å². The second-order valence-electron chi connectivity index (χ2n) is 6.15. The molecule has 2 amide bonds. The van der Waals surface area contributed by atoms with E-state index in [-0.39, 0.29) is 23.3 Å². The monoisotopic (exact) mass is 369 g/mol. The number of ether oxygens (including phenoxy) is 1. The standard InChI is InChI=1S/C19H19N3O5/c23-18(20-12-15-7-4-10-27-15)13-5-3-6-14(11-13)21-19(24)16-8-1-2-9-17(16)22(25)26/h1-3,5-6,8-9,11,15H,4,7,10,12H2,(H,20,23)(H,21,24). The van der Waals surface area contributed by atoms with Gasteiger partial charge in [-0.1, -0.05) is 18.2 Å². The Morgan fingerprint density at radius 2 is 1.96 bits per heavy atom. The van der Waals surface area contributed by atoms with E-state index in [0.717, 1.165) is 12.8 Å². The van der Waals surface area contributed by atoms with E-state index in [1.807, 2.05) is 0 Å². The van der Waals surface area contributed by atoms with Gasteiger partial charge in [-0.15, -0.1) is 0 Å². The molecule has 0 saturated carbocycles. The molecule has 1 saturated heterocycles. The predicted molar refractivity (Wildman–Crippen MR) is 98.8 cm³/mol. The number of rotatable bonds is 6. The molecule has 0 bridgehead atoms. The highest BCUT2D eigenvalue weighted by Crippen LogP contribution is 2.20. The SMILES string of the molecule is O=C(NCC1CCCO1)c1cccc(NC(=O)c2ccccc2[N+](=O)[O-])c1. The van der Waals surface area contributed by atoms with Crippen LogP contribution in [0.3, 0.4) is 0 Å². The van der Waals surface area contributed by atoms with Gasteiger partial charge in [0, 0.05) is 30.5 Å². The molecule has 1 aliphatic heterocycles. The Balaban J connectivity index is 1.67. The Morgan fingerprint density at radius 3 is 2.70 bits per heavy atom. The van der Waals surface area contributed by atoms with Gasteiger partial charge in [0.1, 0.15) is 5.56 Å². The lowest BCUT2D eigenvalue weighted by Gasteiger charge is -2.11. The van der Waals surface area contributed by atoms with Crippen LogP contribution in [0.4, 0.5) is 11.4 Å². The van der Waals surface area contributed by atoms with Crippen molar-refractivity contribution in [2.24, 2.45) is 0 Å². The van der Waals surface area contributed by atoms with E-state index in [1.54, 1.807) is 24.3 Å². The highest BCUT2D eigenvalue weighted by molar-refractivity contribution is 6.07. The zero-order chi connectivity index (χ0) is 19.2. The highest BCUT2D eigenvalue weighted by Gasteiger charge is 2.20. The molecule has 0 radical (unpaired) electrons. The van der Waals surface area contributed by atoms with E-state index in [1.165, 1.54) is 24.3 Å². The van der Waals surface area contributed by atoms with E-state index in [4.69, 9.17) is 4.74 Å². The summed E-state index contributed by atoms with van der Waals surface area (Å²) in [6.07, 6.45) is 1.95. The number of benzene rings is 2. The van der Waals surface area contributed by atoms with Crippen molar-refractivity contribution in [1.82, 2.24) is 5.32 Å². The molecule has 27 heavy (non-hydrogen) atoms. The first kappa shape index (κ1) is 18.5. The number of carbonyl (C=O) groups excluding carboxylic acids is 2. The summed E-state index contributed by atoms with van der Waals surface area (Å²) in [5.74, 6) is -0.883. The number of hydrogen-bond acceptors (Lipinski definition) is 5. The summed E-state index contributed by atoms with van der Waals surface area (Å²) in [6.45, 7) is 1.15. The Bertz CT molecular complexity index is 862. The molecule has 0 spiro atoms. The maximum absolute atomic E-state index is 12.4. The normalized spacial score (nSPS) is 15.9. The molecule has 0 aromatic heterocycles. The van der Waals surface area contributed by atoms with Gasteiger partial charge in [-0.3, -0.25) is 19.7 Å². The average Bonchev–Trinajstić information content (AvgIpc) is 3.20. The maximum atomic E-state index is 12.4. The van der Waals surface area contributed by atoms with Gasteiger partial charge in [-0.25, -0.2) is 0 Å². The van der Waals surface area contributed by atoms with Gasteiger partial charge in [0.15, 0.2) is 0 Å². The molecular weight excluding hydrogens is 350 g/mol. The van der Waals surface area contributed by atoms with Gasteiger partial charge in [-0.05, 0) is 37.1 Å². The van der Waals surface area contributed by atoms with Crippen LogP contribution in [0.15, 0.2) is 48.5 Å². The van der Waals surface area contributed by atoms with E-state index in [2.05, 4.69) is 10.6 Å². The summed E-state index contributed by atoms with van der Waals surface area (Å²) in [6, 6.07) is 12.1. The van der Waals surface area contributed by atoms with Crippen LogP contribution in [-0.4, -0.2) is 36.0 Å². The minimum atomic E-state index is -0.612. The van der Waals surface area contributed by atoms with Crippen LogP contribution in [0.25, 0.3) is 0 Å². The van der Waals surface area contributed by atoms with Crippen molar-refractivity contribution in [3.8, 4) is 0 Å². The zero-order valence-corrected chi connectivity index (χ0v) is 14.5. The van der Waals surface area contributed by atoms with Crippen molar-refractivity contribution in [2.45, 2.75) is 18.9 Å². The fraction of sp³-hybridized carbons (Fsp3) is 0.263. The molecule has 8 heteroatoms. The Labute approximate surface area is 155 Å². The number of amides is 2. The number of anilines is 1. The van der Waals surface area contributed by atoms with E-state index in [0.29, 0.717) is 24.4 Å². The van der Waals surface area contributed by atoms with Gasteiger partial charge in [0.2, 0.25) is 0 Å². The third-order valence-electron chi connectivity index (χ3n) is 4.24. The van der Waals surface area contributed by atoms with Crippen LogP contribution < -0.4 is 10.6 Å². The van der Waals surface area contributed by atoms with E-state index >= 15 is 0 Å². The number of nitrogens with one attached hydrogen (secondary N) is 2. The average molecular weight is 369 g/mol. The summed E-state index contributed by atoms with van der Waals surface area (Å²) < 4.78 is 5.47.